The molecular weight excluding hydrogens is 282 g/mol. The van der Waals surface area contributed by atoms with E-state index in [0.29, 0.717) is 17.2 Å². The second-order valence-electron chi connectivity index (χ2n) is 5.80. The number of ether oxygens (including phenoxy) is 1. The predicted octanol–water partition coefficient (Wildman–Crippen LogP) is 3.02. The zero-order chi connectivity index (χ0) is 15.2. The number of hydrogen-bond acceptors (Lipinski definition) is 4. The number of aliphatic hydroxyl groups excluding tert-OH is 1. The highest BCUT2D eigenvalue weighted by Gasteiger charge is 2.29. The summed E-state index contributed by atoms with van der Waals surface area (Å²) < 4.78 is 5.39. The molecule has 0 aliphatic heterocycles. The van der Waals surface area contributed by atoms with E-state index in [1.54, 1.807) is 7.11 Å². The van der Waals surface area contributed by atoms with Gasteiger partial charge < -0.3 is 15.2 Å². The minimum absolute atomic E-state index is 0.274. The predicted molar refractivity (Wildman–Crippen MR) is 90.2 cm³/mol. The van der Waals surface area contributed by atoms with Crippen LogP contribution in [-0.4, -0.2) is 36.4 Å². The Kier molecular flexibility index (Phi) is 6.40. The van der Waals surface area contributed by atoms with Crippen molar-refractivity contribution in [3.05, 3.63) is 29.3 Å². The molecule has 1 aromatic rings. The molecule has 0 spiro atoms. The van der Waals surface area contributed by atoms with Crippen molar-refractivity contribution in [2.45, 2.75) is 38.0 Å². The van der Waals surface area contributed by atoms with Crippen LogP contribution >= 0.6 is 11.8 Å². The second-order valence-corrected chi connectivity index (χ2v) is 7.07. The third kappa shape index (κ3) is 4.15. The Morgan fingerprint density at radius 3 is 2.95 bits per heavy atom. The summed E-state index contributed by atoms with van der Waals surface area (Å²) in [6.07, 6.45) is 2.33. The van der Waals surface area contributed by atoms with Crippen molar-refractivity contribution < 1.29 is 9.84 Å². The number of hydrogen-bond donors (Lipinski definition) is 2. The van der Waals surface area contributed by atoms with Crippen LogP contribution in [0.2, 0.25) is 0 Å². The molecule has 3 atom stereocenters. The maximum atomic E-state index is 9.21. The minimum atomic E-state index is 0.274. The molecule has 0 heterocycles. The van der Waals surface area contributed by atoms with Gasteiger partial charge in [0.25, 0.3) is 0 Å². The molecule has 1 aliphatic carbocycles. The standard InChI is InChI=1S/C17H27NO2S/c1-4-18-17-15-9-14(20-3)7-5-13(15)6-8-16(17)21-11-12(2)10-19/h5,7,9,12,16-19H,4,6,8,10-11H2,1-3H3. The van der Waals surface area contributed by atoms with Gasteiger partial charge in [-0.25, -0.2) is 0 Å². The van der Waals surface area contributed by atoms with Gasteiger partial charge in [0, 0.05) is 17.9 Å². The topological polar surface area (TPSA) is 41.5 Å². The average molecular weight is 309 g/mol. The van der Waals surface area contributed by atoms with Crippen LogP contribution in [0.15, 0.2) is 18.2 Å². The molecule has 1 aromatic carbocycles. The maximum absolute atomic E-state index is 9.21. The molecule has 118 valence electrons. The Labute approximate surface area is 132 Å². The van der Waals surface area contributed by atoms with Crippen LogP contribution in [0.4, 0.5) is 0 Å². The van der Waals surface area contributed by atoms with E-state index in [9.17, 15) is 5.11 Å². The van der Waals surface area contributed by atoms with Gasteiger partial charge in [-0.3, -0.25) is 0 Å². The van der Waals surface area contributed by atoms with Crippen molar-refractivity contribution in [2.75, 3.05) is 26.0 Å². The van der Waals surface area contributed by atoms with Crippen molar-refractivity contribution in [3.63, 3.8) is 0 Å². The fourth-order valence-corrected chi connectivity index (χ4v) is 4.26. The summed E-state index contributed by atoms with van der Waals surface area (Å²) in [6.45, 7) is 5.51. The van der Waals surface area contributed by atoms with Gasteiger partial charge in [0.1, 0.15) is 5.75 Å². The molecule has 0 radical (unpaired) electrons. The van der Waals surface area contributed by atoms with Gasteiger partial charge in [-0.1, -0.05) is 19.9 Å². The van der Waals surface area contributed by atoms with Gasteiger partial charge in [-0.05, 0) is 54.3 Å². The lowest BCUT2D eigenvalue weighted by atomic mass is 9.87. The van der Waals surface area contributed by atoms with E-state index in [2.05, 4.69) is 37.4 Å². The molecule has 0 saturated carbocycles. The number of aliphatic hydroxyl groups is 1. The Morgan fingerprint density at radius 1 is 1.48 bits per heavy atom. The monoisotopic (exact) mass is 309 g/mol. The zero-order valence-corrected chi connectivity index (χ0v) is 14.1. The van der Waals surface area contributed by atoms with E-state index in [4.69, 9.17) is 4.74 Å². The van der Waals surface area contributed by atoms with E-state index in [-0.39, 0.29) is 6.61 Å². The fourth-order valence-electron chi connectivity index (χ4n) is 2.86. The third-order valence-electron chi connectivity index (χ3n) is 4.09. The van der Waals surface area contributed by atoms with Crippen LogP contribution in [0.5, 0.6) is 5.75 Å². The number of methoxy groups -OCH3 is 1. The molecule has 0 amide bonds. The lowest BCUT2D eigenvalue weighted by Gasteiger charge is -2.34. The van der Waals surface area contributed by atoms with Gasteiger partial charge in [0.2, 0.25) is 0 Å². The van der Waals surface area contributed by atoms with Gasteiger partial charge in [-0.15, -0.1) is 0 Å². The molecule has 0 bridgehead atoms. The Balaban J connectivity index is 2.16. The van der Waals surface area contributed by atoms with Crippen molar-refractivity contribution in [2.24, 2.45) is 5.92 Å². The summed E-state index contributed by atoms with van der Waals surface area (Å²) >= 11 is 1.99. The first kappa shape index (κ1) is 16.7. The summed E-state index contributed by atoms with van der Waals surface area (Å²) in [5.41, 5.74) is 2.82. The lowest BCUT2D eigenvalue weighted by molar-refractivity contribution is 0.250. The molecule has 2 rings (SSSR count). The molecule has 0 fully saturated rings. The number of thioether (sulfide) groups is 1. The van der Waals surface area contributed by atoms with Crippen LogP contribution < -0.4 is 10.1 Å². The van der Waals surface area contributed by atoms with E-state index in [1.807, 2.05) is 11.8 Å². The van der Waals surface area contributed by atoms with E-state index >= 15 is 0 Å². The molecular formula is C17H27NO2S. The van der Waals surface area contributed by atoms with Gasteiger partial charge in [0.15, 0.2) is 0 Å². The van der Waals surface area contributed by atoms with Crippen LogP contribution in [0.25, 0.3) is 0 Å². The van der Waals surface area contributed by atoms with Crippen molar-refractivity contribution in [1.29, 1.82) is 0 Å². The minimum Gasteiger partial charge on any atom is -0.497 e. The van der Waals surface area contributed by atoms with Gasteiger partial charge in [0.05, 0.1) is 7.11 Å². The number of aryl methyl sites for hydroxylation is 1. The number of nitrogens with one attached hydrogen (secondary N) is 1. The highest BCUT2D eigenvalue weighted by Crippen LogP contribution is 2.39. The SMILES string of the molecule is CCNC1c2cc(OC)ccc2CCC1SCC(C)CO. The molecule has 0 aromatic heterocycles. The van der Waals surface area contributed by atoms with Crippen LogP contribution in [0, 0.1) is 5.92 Å². The first-order chi connectivity index (χ1) is 10.2. The molecule has 3 unspecified atom stereocenters. The number of rotatable bonds is 7. The Morgan fingerprint density at radius 2 is 2.29 bits per heavy atom. The highest BCUT2D eigenvalue weighted by atomic mass is 32.2. The van der Waals surface area contributed by atoms with Gasteiger partial charge in [-0.2, -0.15) is 11.8 Å². The summed E-state index contributed by atoms with van der Waals surface area (Å²) in [7, 11) is 1.72. The first-order valence-corrected chi connectivity index (χ1v) is 8.87. The third-order valence-corrected chi connectivity index (χ3v) is 5.79. The van der Waals surface area contributed by atoms with Crippen molar-refractivity contribution in [3.8, 4) is 5.75 Å². The summed E-state index contributed by atoms with van der Waals surface area (Å²) in [6, 6.07) is 6.83. The van der Waals surface area contributed by atoms with E-state index in [1.165, 1.54) is 17.5 Å². The second kappa shape index (κ2) is 8.06. The number of benzene rings is 1. The lowest BCUT2D eigenvalue weighted by Crippen LogP contribution is -2.34. The van der Waals surface area contributed by atoms with E-state index < -0.39 is 0 Å². The Bertz CT molecular complexity index is 452. The Hall–Kier alpha value is -0.710. The summed E-state index contributed by atoms with van der Waals surface area (Å²) in [5.74, 6) is 2.32. The van der Waals surface area contributed by atoms with Crippen LogP contribution in [-0.2, 0) is 6.42 Å². The zero-order valence-electron chi connectivity index (χ0n) is 13.3. The average Bonchev–Trinajstić information content (AvgIpc) is 2.53. The summed E-state index contributed by atoms with van der Waals surface area (Å²) in [5, 5.41) is 13.4. The van der Waals surface area contributed by atoms with Crippen LogP contribution in [0.1, 0.15) is 37.4 Å². The number of fused-ring (bicyclic) bond motifs is 1. The first-order valence-electron chi connectivity index (χ1n) is 7.82. The van der Waals surface area contributed by atoms with Crippen molar-refractivity contribution >= 4 is 11.8 Å². The largest absolute Gasteiger partial charge is 0.497 e. The molecule has 0 saturated heterocycles. The highest BCUT2D eigenvalue weighted by molar-refractivity contribution is 7.99. The molecule has 1 aliphatic rings. The molecule has 4 heteroatoms. The fraction of sp³-hybridized carbons (Fsp3) is 0.647. The molecule has 2 N–H and O–H groups in total. The van der Waals surface area contributed by atoms with Gasteiger partial charge >= 0.3 is 0 Å². The summed E-state index contributed by atoms with van der Waals surface area (Å²) in [4.78, 5) is 0. The normalized spacial score (nSPS) is 22.7. The smallest absolute Gasteiger partial charge is 0.119 e. The quantitative estimate of drug-likeness (QED) is 0.812. The van der Waals surface area contributed by atoms with Crippen LogP contribution in [0.3, 0.4) is 0 Å². The van der Waals surface area contributed by atoms with Crippen molar-refractivity contribution in [1.82, 2.24) is 5.32 Å². The molecule has 21 heavy (non-hydrogen) atoms. The van der Waals surface area contributed by atoms with E-state index in [0.717, 1.165) is 24.5 Å². The molecule has 3 nitrogen and oxygen atoms in total. The maximum Gasteiger partial charge on any atom is 0.119 e.